The number of halogens is 3. The molecule has 1 aliphatic rings. The minimum absolute atomic E-state index is 0.161. The highest BCUT2D eigenvalue weighted by molar-refractivity contribution is 9.10. The lowest BCUT2D eigenvalue weighted by atomic mass is 9.87. The van der Waals surface area contributed by atoms with Crippen LogP contribution in [0.4, 0.5) is 8.78 Å². The van der Waals surface area contributed by atoms with Crippen LogP contribution in [0, 0.1) is 11.6 Å². The van der Waals surface area contributed by atoms with Crippen LogP contribution in [-0.4, -0.2) is 6.54 Å². The molecule has 1 atom stereocenters. The first-order valence-corrected chi connectivity index (χ1v) is 6.73. The summed E-state index contributed by atoms with van der Waals surface area (Å²) in [4.78, 5) is 0. The van der Waals surface area contributed by atoms with Crippen LogP contribution in [0.3, 0.4) is 0 Å². The van der Waals surface area contributed by atoms with Crippen molar-refractivity contribution in [1.82, 2.24) is 5.32 Å². The molecule has 0 aliphatic carbocycles. The molecule has 0 saturated carbocycles. The third kappa shape index (κ3) is 2.52. The van der Waals surface area contributed by atoms with E-state index in [1.54, 1.807) is 0 Å². The number of hydrogen-bond acceptors (Lipinski definition) is 1. The monoisotopic (exact) mass is 303 g/mol. The molecule has 1 fully saturated rings. The van der Waals surface area contributed by atoms with Gasteiger partial charge in [0.25, 0.3) is 0 Å². The topological polar surface area (TPSA) is 12.0 Å². The maximum absolute atomic E-state index is 14.1. The number of hydrogen-bond donors (Lipinski definition) is 1. The fourth-order valence-corrected chi connectivity index (χ4v) is 2.81. The SMILES string of the molecule is CC1(c2c(F)ccc(Br)c2F)CCCCCN1. The Labute approximate surface area is 109 Å². The average Bonchev–Trinajstić information content (AvgIpc) is 2.50. The summed E-state index contributed by atoms with van der Waals surface area (Å²) < 4.78 is 28.3. The molecule has 0 bridgehead atoms. The van der Waals surface area contributed by atoms with E-state index >= 15 is 0 Å². The Morgan fingerprint density at radius 3 is 2.76 bits per heavy atom. The highest BCUT2D eigenvalue weighted by Crippen LogP contribution is 2.35. The van der Waals surface area contributed by atoms with Gasteiger partial charge in [-0.2, -0.15) is 0 Å². The summed E-state index contributed by atoms with van der Waals surface area (Å²) in [6, 6.07) is 2.73. The highest BCUT2D eigenvalue weighted by Gasteiger charge is 2.33. The van der Waals surface area contributed by atoms with E-state index in [1.807, 2.05) is 6.92 Å². The van der Waals surface area contributed by atoms with Crippen molar-refractivity contribution < 1.29 is 8.78 Å². The van der Waals surface area contributed by atoms with E-state index < -0.39 is 17.2 Å². The lowest BCUT2D eigenvalue weighted by molar-refractivity contribution is 0.328. The molecule has 94 valence electrons. The van der Waals surface area contributed by atoms with E-state index in [9.17, 15) is 8.78 Å². The maximum Gasteiger partial charge on any atom is 0.145 e. The quantitative estimate of drug-likeness (QED) is 0.770. The molecule has 17 heavy (non-hydrogen) atoms. The van der Waals surface area contributed by atoms with Crippen LogP contribution >= 0.6 is 15.9 Å². The van der Waals surface area contributed by atoms with Gasteiger partial charge in [0.05, 0.1) is 4.47 Å². The van der Waals surface area contributed by atoms with Crippen molar-refractivity contribution in [1.29, 1.82) is 0 Å². The van der Waals surface area contributed by atoms with Crippen molar-refractivity contribution in [2.45, 2.75) is 38.1 Å². The van der Waals surface area contributed by atoms with Gasteiger partial charge in [-0.25, -0.2) is 8.78 Å². The van der Waals surface area contributed by atoms with Gasteiger partial charge in [-0.15, -0.1) is 0 Å². The van der Waals surface area contributed by atoms with Crippen molar-refractivity contribution in [3.05, 3.63) is 33.8 Å². The third-order valence-corrected chi connectivity index (χ3v) is 4.08. The third-order valence-electron chi connectivity index (χ3n) is 3.46. The summed E-state index contributed by atoms with van der Waals surface area (Å²) in [5.74, 6) is -0.954. The van der Waals surface area contributed by atoms with Crippen LogP contribution in [-0.2, 0) is 5.54 Å². The molecule has 1 aromatic rings. The summed E-state index contributed by atoms with van der Waals surface area (Å²) in [5, 5.41) is 3.28. The molecule has 0 amide bonds. The molecule has 0 spiro atoms. The molecule has 0 radical (unpaired) electrons. The summed E-state index contributed by atoms with van der Waals surface area (Å²) >= 11 is 3.12. The van der Waals surface area contributed by atoms with Gasteiger partial charge < -0.3 is 5.32 Å². The number of nitrogens with one attached hydrogen (secondary N) is 1. The second-order valence-corrected chi connectivity index (χ2v) is 5.64. The molecule has 1 nitrogen and oxygen atoms in total. The normalized spacial score (nSPS) is 25.6. The molecular formula is C13H16BrF2N. The van der Waals surface area contributed by atoms with Gasteiger partial charge in [0.1, 0.15) is 11.6 Å². The van der Waals surface area contributed by atoms with E-state index in [4.69, 9.17) is 0 Å². The fourth-order valence-electron chi connectivity index (χ4n) is 2.48. The van der Waals surface area contributed by atoms with Crippen LogP contribution in [0.1, 0.15) is 38.2 Å². The fraction of sp³-hybridized carbons (Fsp3) is 0.538. The van der Waals surface area contributed by atoms with Gasteiger partial charge in [0.2, 0.25) is 0 Å². The van der Waals surface area contributed by atoms with E-state index in [0.717, 1.165) is 32.2 Å². The molecule has 1 unspecified atom stereocenters. The molecule has 1 aromatic carbocycles. The number of benzene rings is 1. The van der Waals surface area contributed by atoms with Gasteiger partial charge in [0, 0.05) is 11.1 Å². The van der Waals surface area contributed by atoms with Gasteiger partial charge in [-0.1, -0.05) is 12.8 Å². The lowest BCUT2D eigenvalue weighted by Crippen LogP contribution is -2.40. The molecule has 1 saturated heterocycles. The van der Waals surface area contributed by atoms with Crippen LogP contribution < -0.4 is 5.32 Å². The van der Waals surface area contributed by atoms with Crippen LogP contribution in [0.5, 0.6) is 0 Å². The first-order chi connectivity index (χ1) is 8.04. The Morgan fingerprint density at radius 2 is 2.00 bits per heavy atom. The number of rotatable bonds is 1. The largest absolute Gasteiger partial charge is 0.307 e. The van der Waals surface area contributed by atoms with Crippen molar-refractivity contribution in [2.24, 2.45) is 0 Å². The zero-order valence-electron chi connectivity index (χ0n) is 9.82. The Hall–Kier alpha value is -0.480. The van der Waals surface area contributed by atoms with E-state index in [0.29, 0.717) is 4.47 Å². The molecule has 1 heterocycles. The average molecular weight is 304 g/mol. The minimum Gasteiger partial charge on any atom is -0.307 e. The summed E-state index contributed by atoms with van der Waals surface area (Å²) in [7, 11) is 0. The predicted octanol–water partition coefficient (Wildman–Crippen LogP) is 4.11. The van der Waals surface area contributed by atoms with Crippen LogP contribution in [0.25, 0.3) is 0 Å². The second kappa shape index (κ2) is 5.02. The van der Waals surface area contributed by atoms with Crippen molar-refractivity contribution in [3.8, 4) is 0 Å². The Morgan fingerprint density at radius 1 is 1.24 bits per heavy atom. The zero-order valence-corrected chi connectivity index (χ0v) is 11.4. The van der Waals surface area contributed by atoms with E-state index in [-0.39, 0.29) is 5.56 Å². The van der Waals surface area contributed by atoms with Gasteiger partial charge in [-0.05, 0) is 54.4 Å². The van der Waals surface area contributed by atoms with Gasteiger partial charge in [0.15, 0.2) is 0 Å². The second-order valence-electron chi connectivity index (χ2n) is 4.79. The minimum atomic E-state index is -0.603. The molecule has 4 heteroatoms. The summed E-state index contributed by atoms with van der Waals surface area (Å²) in [6.45, 7) is 2.69. The lowest BCUT2D eigenvalue weighted by Gasteiger charge is -2.31. The molecule has 0 aromatic heterocycles. The summed E-state index contributed by atoms with van der Waals surface area (Å²) in [5.41, 5.74) is -0.442. The van der Waals surface area contributed by atoms with E-state index in [2.05, 4.69) is 21.2 Å². The van der Waals surface area contributed by atoms with E-state index in [1.165, 1.54) is 12.1 Å². The zero-order chi connectivity index (χ0) is 12.5. The smallest absolute Gasteiger partial charge is 0.145 e. The van der Waals surface area contributed by atoms with Gasteiger partial charge >= 0.3 is 0 Å². The van der Waals surface area contributed by atoms with Crippen LogP contribution in [0.15, 0.2) is 16.6 Å². The first-order valence-electron chi connectivity index (χ1n) is 5.93. The Bertz CT molecular complexity index is 412. The standard InChI is InChI=1S/C13H16BrF2N/c1-13(7-3-2-4-8-17-13)11-10(15)6-5-9(14)12(11)16/h5-6,17H,2-4,7-8H2,1H3. The maximum atomic E-state index is 14.1. The molecule has 1 aliphatic heterocycles. The summed E-state index contributed by atoms with van der Waals surface area (Å²) in [6.07, 6.45) is 3.93. The Balaban J connectivity index is 2.47. The predicted molar refractivity (Wildman–Crippen MR) is 67.9 cm³/mol. The van der Waals surface area contributed by atoms with Crippen molar-refractivity contribution in [3.63, 3.8) is 0 Å². The molecule has 2 rings (SSSR count). The van der Waals surface area contributed by atoms with Crippen molar-refractivity contribution in [2.75, 3.05) is 6.54 Å². The molecular weight excluding hydrogens is 288 g/mol. The molecule has 1 N–H and O–H groups in total. The highest BCUT2D eigenvalue weighted by atomic mass is 79.9. The first kappa shape index (κ1) is 13.0. The van der Waals surface area contributed by atoms with Crippen molar-refractivity contribution >= 4 is 15.9 Å². The Kier molecular flexibility index (Phi) is 3.83. The van der Waals surface area contributed by atoms with Crippen LogP contribution in [0.2, 0.25) is 0 Å². The van der Waals surface area contributed by atoms with Gasteiger partial charge in [-0.3, -0.25) is 0 Å².